The van der Waals surface area contributed by atoms with E-state index in [1.54, 1.807) is 6.92 Å². The first-order valence-corrected chi connectivity index (χ1v) is 9.00. The van der Waals surface area contributed by atoms with Crippen molar-refractivity contribution in [2.45, 2.75) is 71.1 Å². The van der Waals surface area contributed by atoms with Crippen LogP contribution in [0.25, 0.3) is 0 Å². The lowest BCUT2D eigenvalue weighted by Crippen LogP contribution is -2.37. The number of hydrogen-bond acceptors (Lipinski definition) is 9. The van der Waals surface area contributed by atoms with Crippen LogP contribution in [0.15, 0.2) is 0 Å². The summed E-state index contributed by atoms with van der Waals surface area (Å²) in [5, 5.41) is 35.5. The fourth-order valence-electron chi connectivity index (χ4n) is 1.44. The topological polar surface area (TPSA) is 252 Å². The fraction of sp³-hybridized carbons (Fsp3) is 0.706. The summed E-state index contributed by atoms with van der Waals surface area (Å²) in [6, 6.07) is -0.938. The largest absolute Gasteiger partial charge is 0.481 e. The van der Waals surface area contributed by atoms with Crippen LogP contribution in [0.1, 0.15) is 53.4 Å². The van der Waals surface area contributed by atoms with Gasteiger partial charge in [-0.15, -0.1) is 0 Å². The first-order chi connectivity index (χ1) is 13.5. The number of ether oxygens (including phenoxy) is 1. The van der Waals surface area contributed by atoms with Gasteiger partial charge in [0.05, 0.1) is 12.0 Å². The molecule has 0 fully saturated rings. The lowest BCUT2D eigenvalue weighted by Gasteiger charge is -2.12. The minimum Gasteiger partial charge on any atom is -0.481 e. The van der Waals surface area contributed by atoms with Crippen molar-refractivity contribution in [1.29, 1.82) is 5.41 Å². The smallest absolute Gasteiger partial charge is 0.342 e. The maximum Gasteiger partial charge on any atom is 0.342 e. The van der Waals surface area contributed by atoms with E-state index >= 15 is 0 Å². The van der Waals surface area contributed by atoms with Crippen molar-refractivity contribution in [3.8, 4) is 0 Å². The summed E-state index contributed by atoms with van der Waals surface area (Å²) in [4.78, 5) is 41.5. The van der Waals surface area contributed by atoms with Crippen molar-refractivity contribution in [3.05, 3.63) is 0 Å². The average Bonchev–Trinajstić information content (AvgIpc) is 2.55. The minimum atomic E-state index is -1.31. The van der Waals surface area contributed by atoms with Gasteiger partial charge in [-0.25, -0.2) is 9.59 Å². The van der Waals surface area contributed by atoms with Crippen molar-refractivity contribution < 1.29 is 39.2 Å². The van der Waals surface area contributed by atoms with Gasteiger partial charge in [0.15, 0.2) is 12.1 Å². The Hall–Kier alpha value is -2.77. The number of nitrogens with one attached hydrogen (secondary N) is 2. The van der Waals surface area contributed by atoms with E-state index < -0.39 is 35.7 Å². The highest BCUT2D eigenvalue weighted by atomic mass is 16.6. The SMILES string of the molecule is CC(C)(O)CC(=O)O.CC(N)=O.CCC(O)C(=O)OC(=O)[C@@H](N)CCCNC(=N)N. The molecule has 13 nitrogen and oxygen atoms in total. The quantitative estimate of drug-likeness (QED) is 0.0652. The van der Waals surface area contributed by atoms with Crippen LogP contribution in [0, 0.1) is 5.41 Å². The number of amides is 1. The van der Waals surface area contributed by atoms with Crippen molar-refractivity contribution in [2.75, 3.05) is 6.54 Å². The van der Waals surface area contributed by atoms with Gasteiger partial charge in [0.1, 0.15) is 6.04 Å². The molecular formula is C17H35N5O8. The molecule has 0 saturated carbocycles. The predicted molar refractivity (Wildman–Crippen MR) is 108 cm³/mol. The zero-order valence-electron chi connectivity index (χ0n) is 17.8. The summed E-state index contributed by atoms with van der Waals surface area (Å²) < 4.78 is 4.40. The average molecular weight is 437 g/mol. The normalized spacial score (nSPS) is 12.0. The van der Waals surface area contributed by atoms with E-state index in [1.165, 1.54) is 20.8 Å². The van der Waals surface area contributed by atoms with Gasteiger partial charge in [-0.1, -0.05) is 6.92 Å². The molecule has 0 aromatic heterocycles. The number of carbonyl (C=O) groups excluding carboxylic acids is 3. The Labute approximate surface area is 175 Å². The summed E-state index contributed by atoms with van der Waals surface area (Å²) in [6.07, 6.45) is -0.549. The summed E-state index contributed by atoms with van der Waals surface area (Å²) in [6.45, 7) is 6.22. The van der Waals surface area contributed by atoms with Gasteiger partial charge in [0.25, 0.3) is 0 Å². The molecule has 0 aromatic rings. The molecule has 13 heteroatoms. The fourth-order valence-corrected chi connectivity index (χ4v) is 1.44. The molecule has 1 unspecified atom stereocenters. The molecule has 176 valence electrons. The van der Waals surface area contributed by atoms with Gasteiger partial charge < -0.3 is 42.6 Å². The number of hydrogen-bond donors (Lipinski definition) is 8. The second-order valence-corrected chi connectivity index (χ2v) is 6.75. The van der Waals surface area contributed by atoms with Crippen LogP contribution in [0.3, 0.4) is 0 Å². The van der Waals surface area contributed by atoms with Crippen molar-refractivity contribution in [1.82, 2.24) is 5.32 Å². The number of carboxylic acid groups (broad SMARTS) is 1. The van der Waals surface area contributed by atoms with Crippen LogP contribution in [-0.2, 0) is 23.9 Å². The van der Waals surface area contributed by atoms with E-state index in [9.17, 15) is 19.2 Å². The van der Waals surface area contributed by atoms with Crippen LogP contribution in [0.2, 0.25) is 0 Å². The second-order valence-electron chi connectivity index (χ2n) is 6.75. The minimum absolute atomic E-state index is 0.160. The molecule has 0 aliphatic heterocycles. The number of carboxylic acids is 1. The van der Waals surface area contributed by atoms with Gasteiger partial charge in [0.2, 0.25) is 5.91 Å². The third kappa shape index (κ3) is 27.4. The van der Waals surface area contributed by atoms with E-state index in [0.717, 1.165) is 0 Å². The van der Waals surface area contributed by atoms with Crippen LogP contribution < -0.4 is 22.5 Å². The Bertz CT molecular complexity index is 559. The highest BCUT2D eigenvalue weighted by Crippen LogP contribution is 2.05. The summed E-state index contributed by atoms with van der Waals surface area (Å²) in [5.41, 5.74) is 14.0. The number of esters is 2. The first-order valence-electron chi connectivity index (χ1n) is 9.00. The third-order valence-corrected chi connectivity index (χ3v) is 2.75. The number of guanidine groups is 1. The van der Waals surface area contributed by atoms with Gasteiger partial charge in [-0.3, -0.25) is 15.0 Å². The Morgan fingerprint density at radius 1 is 1.17 bits per heavy atom. The molecule has 0 saturated heterocycles. The maximum atomic E-state index is 11.3. The maximum absolute atomic E-state index is 11.3. The van der Waals surface area contributed by atoms with Gasteiger partial charge in [-0.05, 0) is 33.1 Å². The van der Waals surface area contributed by atoms with E-state index in [2.05, 4.69) is 15.8 Å². The molecule has 0 rings (SSSR count). The lowest BCUT2D eigenvalue weighted by molar-refractivity contribution is -0.167. The number of aliphatic carboxylic acids is 1. The zero-order valence-corrected chi connectivity index (χ0v) is 17.8. The van der Waals surface area contributed by atoms with Crippen molar-refractivity contribution >= 4 is 29.8 Å². The van der Waals surface area contributed by atoms with Gasteiger partial charge in [-0.2, -0.15) is 0 Å². The molecule has 0 aliphatic rings. The lowest BCUT2D eigenvalue weighted by atomic mass is 10.1. The predicted octanol–water partition coefficient (Wildman–Crippen LogP) is -1.86. The number of aliphatic hydroxyl groups is 2. The Morgan fingerprint density at radius 3 is 1.93 bits per heavy atom. The molecule has 0 aromatic carbocycles. The number of primary amides is 1. The number of carbonyl (C=O) groups is 4. The molecule has 2 atom stereocenters. The monoisotopic (exact) mass is 437 g/mol. The van der Waals surface area contributed by atoms with Crippen LogP contribution in [-0.4, -0.2) is 69.4 Å². The van der Waals surface area contributed by atoms with Crippen molar-refractivity contribution in [3.63, 3.8) is 0 Å². The van der Waals surface area contributed by atoms with E-state index in [0.29, 0.717) is 13.0 Å². The molecular weight excluding hydrogens is 402 g/mol. The Morgan fingerprint density at radius 2 is 1.63 bits per heavy atom. The molecule has 1 amide bonds. The number of rotatable bonds is 9. The molecule has 0 aliphatic carbocycles. The van der Waals surface area contributed by atoms with Crippen molar-refractivity contribution in [2.24, 2.45) is 17.2 Å². The Balaban J connectivity index is -0.000000500. The Kier molecular flexibility index (Phi) is 18.2. The van der Waals surface area contributed by atoms with Crippen LogP contribution >= 0.6 is 0 Å². The van der Waals surface area contributed by atoms with E-state index in [4.69, 9.17) is 32.2 Å². The number of nitrogens with two attached hydrogens (primary N) is 3. The molecule has 0 spiro atoms. The first kappa shape index (κ1) is 31.9. The highest BCUT2D eigenvalue weighted by Gasteiger charge is 2.22. The summed E-state index contributed by atoms with van der Waals surface area (Å²) in [7, 11) is 0. The molecule has 0 bridgehead atoms. The van der Waals surface area contributed by atoms with Gasteiger partial charge in [0, 0.05) is 13.5 Å². The summed E-state index contributed by atoms with van der Waals surface area (Å²) >= 11 is 0. The van der Waals surface area contributed by atoms with Crippen LogP contribution in [0.5, 0.6) is 0 Å². The highest BCUT2D eigenvalue weighted by molar-refractivity contribution is 5.90. The standard InChI is InChI=1S/C10H20N4O4.C5H10O3.C2H5NO/c1-2-7(15)9(17)18-8(16)6(11)4-3-5-14-10(12)13;1-5(2,8)3-4(6)7;1-2(3)4/h6-7,15H,2-5,11H2,1H3,(H4,12,13,14);8H,3H2,1-2H3,(H,6,7);1H3,(H2,3,4)/t6-,7?;;/m0../s1. The van der Waals surface area contributed by atoms with E-state index in [1.807, 2.05) is 0 Å². The number of aliphatic hydroxyl groups excluding tert-OH is 1. The zero-order chi connectivity index (χ0) is 24.5. The molecule has 0 heterocycles. The van der Waals surface area contributed by atoms with E-state index in [-0.39, 0.29) is 31.1 Å². The second kappa shape index (κ2) is 17.1. The van der Waals surface area contributed by atoms with Gasteiger partial charge >= 0.3 is 17.9 Å². The molecule has 0 radical (unpaired) electrons. The molecule has 11 N–H and O–H groups in total. The molecule has 30 heavy (non-hydrogen) atoms. The van der Waals surface area contributed by atoms with Crippen LogP contribution in [0.4, 0.5) is 0 Å². The third-order valence-electron chi connectivity index (χ3n) is 2.75. The summed E-state index contributed by atoms with van der Waals surface area (Å²) in [5.74, 6) is -3.32.